The fourth-order valence-electron chi connectivity index (χ4n) is 4.03. The van der Waals surface area contributed by atoms with Crippen molar-refractivity contribution < 1.29 is 79.9 Å². The van der Waals surface area contributed by atoms with Crippen LogP contribution in [0.3, 0.4) is 0 Å². The molecule has 0 aromatic carbocycles. The largest absolute Gasteiger partial charge is 0.394 e. The number of aliphatic hydroxyl groups is 11. The van der Waals surface area contributed by atoms with Crippen molar-refractivity contribution in [2.45, 2.75) is 92.1 Å². The van der Waals surface area contributed by atoms with E-state index >= 15 is 0 Å². The van der Waals surface area contributed by atoms with Crippen molar-refractivity contribution in [2.24, 2.45) is 0 Å². The van der Waals surface area contributed by atoms with Crippen molar-refractivity contribution >= 4 is 0 Å². The van der Waals surface area contributed by atoms with E-state index in [1.165, 1.54) is 0 Å². The molecule has 3 fully saturated rings. The summed E-state index contributed by atoms with van der Waals surface area (Å²) in [6.07, 6.45) is -25.5. The summed E-state index contributed by atoms with van der Waals surface area (Å²) in [6.45, 7) is -2.30. The Morgan fingerprint density at radius 3 is 1.44 bits per heavy atom. The zero-order valence-corrected chi connectivity index (χ0v) is 17.7. The highest BCUT2D eigenvalue weighted by molar-refractivity contribution is 4.96. The monoisotopic (exact) mass is 504 g/mol. The molecule has 3 heterocycles. The number of hydrogen-bond donors (Lipinski definition) is 11. The third-order valence-electron chi connectivity index (χ3n) is 6.10. The van der Waals surface area contributed by atoms with Gasteiger partial charge in [-0.25, -0.2) is 0 Å². The summed E-state index contributed by atoms with van der Waals surface area (Å²) in [7, 11) is 0. The van der Waals surface area contributed by atoms with Crippen LogP contribution >= 0.6 is 0 Å². The van der Waals surface area contributed by atoms with E-state index in [1.54, 1.807) is 0 Å². The standard InChI is InChI=1S/C18H32O16/c19-1-4-8(23)11(26)15(16(29)30-4)34-18-13(28)14(9(24)6(3-21)32-18)33-17-12(27)10(25)7(22)5(2-20)31-17/h4-29H,1-3H2/t4-,5-,6-,7-,8-,9-,10+,11+,12-,13-,14+,15-,16-,17+,18+/m1/s1. The van der Waals surface area contributed by atoms with Gasteiger partial charge in [0.25, 0.3) is 0 Å². The van der Waals surface area contributed by atoms with Crippen LogP contribution in [0.4, 0.5) is 0 Å². The van der Waals surface area contributed by atoms with E-state index in [-0.39, 0.29) is 0 Å². The Bertz CT molecular complexity index is 639. The van der Waals surface area contributed by atoms with Gasteiger partial charge < -0.3 is 79.9 Å². The number of aliphatic hydroxyl groups excluding tert-OH is 11. The third-order valence-corrected chi connectivity index (χ3v) is 6.10. The molecule has 16 heteroatoms. The van der Waals surface area contributed by atoms with E-state index < -0.39 is 112 Å². The number of ether oxygens (including phenoxy) is 5. The summed E-state index contributed by atoms with van der Waals surface area (Å²) in [4.78, 5) is 0. The molecule has 0 aromatic heterocycles. The van der Waals surface area contributed by atoms with E-state index in [0.29, 0.717) is 0 Å². The second-order valence-electron chi connectivity index (χ2n) is 8.33. The van der Waals surface area contributed by atoms with Gasteiger partial charge in [0.05, 0.1) is 19.8 Å². The summed E-state index contributed by atoms with van der Waals surface area (Å²) < 4.78 is 26.2. The molecule has 16 nitrogen and oxygen atoms in total. The van der Waals surface area contributed by atoms with Crippen LogP contribution in [-0.2, 0) is 23.7 Å². The molecule has 200 valence electrons. The van der Waals surface area contributed by atoms with E-state index in [4.69, 9.17) is 28.8 Å². The van der Waals surface area contributed by atoms with E-state index in [1.807, 2.05) is 0 Å². The first-order chi connectivity index (χ1) is 16.0. The molecule has 0 aromatic rings. The molecular weight excluding hydrogens is 472 g/mol. The highest BCUT2D eigenvalue weighted by atomic mass is 16.8. The van der Waals surface area contributed by atoms with Crippen molar-refractivity contribution in [3.63, 3.8) is 0 Å². The summed E-state index contributed by atoms with van der Waals surface area (Å²) in [6, 6.07) is 0. The molecule has 0 spiro atoms. The van der Waals surface area contributed by atoms with Gasteiger partial charge in [-0.1, -0.05) is 0 Å². The first-order valence-electron chi connectivity index (χ1n) is 10.6. The Morgan fingerprint density at radius 2 is 0.882 bits per heavy atom. The van der Waals surface area contributed by atoms with Crippen molar-refractivity contribution in [3.8, 4) is 0 Å². The predicted molar refractivity (Wildman–Crippen MR) is 101 cm³/mol. The maximum absolute atomic E-state index is 10.7. The van der Waals surface area contributed by atoms with Gasteiger partial charge in [-0.2, -0.15) is 0 Å². The second-order valence-corrected chi connectivity index (χ2v) is 8.33. The van der Waals surface area contributed by atoms with Crippen LogP contribution in [-0.4, -0.2) is 168 Å². The Hall–Kier alpha value is -0.640. The van der Waals surface area contributed by atoms with Gasteiger partial charge in [0.15, 0.2) is 18.9 Å². The highest BCUT2D eigenvalue weighted by Gasteiger charge is 2.53. The number of hydrogen-bond acceptors (Lipinski definition) is 16. The lowest BCUT2D eigenvalue weighted by atomic mass is 9.96. The second kappa shape index (κ2) is 11.6. The molecule has 0 aliphatic carbocycles. The summed E-state index contributed by atoms with van der Waals surface area (Å²) in [5.74, 6) is 0. The zero-order chi connectivity index (χ0) is 25.3. The fraction of sp³-hybridized carbons (Fsp3) is 1.00. The van der Waals surface area contributed by atoms with E-state index in [2.05, 4.69) is 0 Å². The summed E-state index contributed by atoms with van der Waals surface area (Å²) in [5, 5.41) is 110. The van der Waals surface area contributed by atoms with Gasteiger partial charge in [-0.3, -0.25) is 0 Å². The van der Waals surface area contributed by atoms with Gasteiger partial charge in [0, 0.05) is 0 Å². The van der Waals surface area contributed by atoms with Crippen LogP contribution in [0, 0.1) is 0 Å². The molecule has 11 N–H and O–H groups in total. The maximum Gasteiger partial charge on any atom is 0.187 e. The topological polar surface area (TPSA) is 269 Å². The van der Waals surface area contributed by atoms with Crippen LogP contribution in [0.25, 0.3) is 0 Å². The van der Waals surface area contributed by atoms with Crippen LogP contribution in [0.2, 0.25) is 0 Å². The van der Waals surface area contributed by atoms with Crippen LogP contribution in [0.15, 0.2) is 0 Å². The molecule has 34 heavy (non-hydrogen) atoms. The van der Waals surface area contributed by atoms with Gasteiger partial charge in [-0.05, 0) is 0 Å². The maximum atomic E-state index is 10.7. The molecule has 0 amide bonds. The van der Waals surface area contributed by atoms with E-state index in [0.717, 1.165) is 0 Å². The molecule has 0 unspecified atom stereocenters. The smallest absolute Gasteiger partial charge is 0.187 e. The van der Waals surface area contributed by atoms with Crippen molar-refractivity contribution in [1.82, 2.24) is 0 Å². The minimum absolute atomic E-state index is 0.724. The lowest BCUT2D eigenvalue weighted by Crippen LogP contribution is -2.66. The fourth-order valence-corrected chi connectivity index (χ4v) is 4.03. The van der Waals surface area contributed by atoms with Crippen molar-refractivity contribution in [1.29, 1.82) is 0 Å². The average Bonchev–Trinajstić information content (AvgIpc) is 2.82. The predicted octanol–water partition coefficient (Wildman–Crippen LogP) is -7.57. The minimum Gasteiger partial charge on any atom is -0.394 e. The lowest BCUT2D eigenvalue weighted by Gasteiger charge is -2.47. The quantitative estimate of drug-likeness (QED) is 0.154. The van der Waals surface area contributed by atoms with Crippen molar-refractivity contribution in [3.05, 3.63) is 0 Å². The molecule has 3 saturated heterocycles. The van der Waals surface area contributed by atoms with Crippen molar-refractivity contribution in [2.75, 3.05) is 19.8 Å². The lowest BCUT2D eigenvalue weighted by molar-refractivity contribution is -0.382. The van der Waals surface area contributed by atoms with Crippen LogP contribution < -0.4 is 0 Å². The molecule has 3 rings (SSSR count). The van der Waals surface area contributed by atoms with Gasteiger partial charge in [0.2, 0.25) is 0 Å². The molecule has 0 radical (unpaired) electrons. The normalized spacial score (nSPS) is 52.5. The molecule has 0 saturated carbocycles. The van der Waals surface area contributed by atoms with Gasteiger partial charge >= 0.3 is 0 Å². The van der Waals surface area contributed by atoms with Gasteiger partial charge in [0.1, 0.15) is 73.2 Å². The van der Waals surface area contributed by atoms with Crippen LogP contribution in [0.1, 0.15) is 0 Å². The van der Waals surface area contributed by atoms with Crippen LogP contribution in [0.5, 0.6) is 0 Å². The SMILES string of the molecule is OC[C@H]1O[C@@H](O[C@@H]2[C@@H](O)[C@H](O[C@@H]3[C@@H](O)[C@H](O)[C@@H](CO)O[C@H]3O)O[C@H](CO)[C@H]2O)[C@H](O)[C@@H](O)[C@@H]1O. The third kappa shape index (κ3) is 5.37. The Balaban J connectivity index is 1.76. The highest BCUT2D eigenvalue weighted by Crippen LogP contribution is 2.32. The molecular formula is C18H32O16. The Kier molecular flexibility index (Phi) is 9.54. The molecule has 0 bridgehead atoms. The first-order valence-corrected chi connectivity index (χ1v) is 10.6. The molecule has 15 atom stereocenters. The number of rotatable bonds is 7. The average molecular weight is 504 g/mol. The summed E-state index contributed by atoms with van der Waals surface area (Å²) >= 11 is 0. The summed E-state index contributed by atoms with van der Waals surface area (Å²) in [5.41, 5.74) is 0. The molecule has 3 aliphatic rings. The molecule has 3 aliphatic heterocycles. The Labute approximate surface area is 192 Å². The van der Waals surface area contributed by atoms with Gasteiger partial charge in [-0.15, -0.1) is 0 Å². The minimum atomic E-state index is -1.92. The van der Waals surface area contributed by atoms with E-state index in [9.17, 15) is 51.1 Å². The zero-order valence-electron chi connectivity index (χ0n) is 17.7. The Morgan fingerprint density at radius 1 is 0.441 bits per heavy atom. The first kappa shape index (κ1) is 27.9.